The van der Waals surface area contributed by atoms with Crippen LogP contribution in [-0.4, -0.2) is 50.2 Å². The molecule has 0 radical (unpaired) electrons. The van der Waals surface area contributed by atoms with Crippen LogP contribution in [0.4, 0.5) is 16.2 Å². The van der Waals surface area contributed by atoms with E-state index in [1.54, 1.807) is 6.07 Å². The second-order valence-electron chi connectivity index (χ2n) is 6.42. The van der Waals surface area contributed by atoms with Crippen LogP contribution in [0, 0.1) is 0 Å². The zero-order valence-electron chi connectivity index (χ0n) is 15.8. The molecule has 0 spiro atoms. The molecule has 1 N–H and O–H groups in total. The summed E-state index contributed by atoms with van der Waals surface area (Å²) < 4.78 is 4.88. The number of aryl methyl sites for hydroxylation is 1. The molecule has 6 nitrogen and oxygen atoms in total. The van der Waals surface area contributed by atoms with Crippen LogP contribution in [0.1, 0.15) is 22.8 Å². The second kappa shape index (κ2) is 8.58. The summed E-state index contributed by atoms with van der Waals surface area (Å²) in [5, 5.41) is 3.02. The van der Waals surface area contributed by atoms with Crippen molar-refractivity contribution in [3.8, 4) is 0 Å². The van der Waals surface area contributed by atoms with Crippen molar-refractivity contribution in [1.29, 1.82) is 0 Å². The standard InChI is InChI=1S/C21H25N3O3/c1-3-16-8-4-6-10-18(16)22-21(26)24-14-12-23(13-15-24)19-11-7-5-9-17(19)20(25)27-2/h4-11H,3,12-15H2,1-2H3,(H,22,26). The smallest absolute Gasteiger partial charge is 0.339 e. The van der Waals surface area contributed by atoms with Crippen LogP contribution in [0.15, 0.2) is 48.5 Å². The minimum absolute atomic E-state index is 0.0863. The van der Waals surface area contributed by atoms with E-state index < -0.39 is 0 Å². The van der Waals surface area contributed by atoms with Crippen molar-refractivity contribution in [3.63, 3.8) is 0 Å². The minimum atomic E-state index is -0.345. The van der Waals surface area contributed by atoms with Gasteiger partial charge in [0.1, 0.15) is 0 Å². The summed E-state index contributed by atoms with van der Waals surface area (Å²) in [5.41, 5.74) is 3.38. The first-order valence-electron chi connectivity index (χ1n) is 9.20. The SMILES string of the molecule is CCc1ccccc1NC(=O)N1CCN(c2ccccc2C(=O)OC)CC1. The van der Waals surface area contributed by atoms with Crippen LogP contribution < -0.4 is 10.2 Å². The molecule has 1 heterocycles. The number of rotatable bonds is 4. The molecule has 2 aromatic carbocycles. The molecule has 142 valence electrons. The molecule has 1 saturated heterocycles. The molecule has 1 aliphatic heterocycles. The molecule has 2 amide bonds. The van der Waals surface area contributed by atoms with Gasteiger partial charge in [0.25, 0.3) is 0 Å². The Balaban J connectivity index is 1.64. The molecule has 2 aromatic rings. The summed E-state index contributed by atoms with van der Waals surface area (Å²) in [5.74, 6) is -0.345. The number of amides is 2. The summed E-state index contributed by atoms with van der Waals surface area (Å²) in [6.07, 6.45) is 0.870. The monoisotopic (exact) mass is 367 g/mol. The number of esters is 1. The first kappa shape index (κ1) is 18.8. The number of para-hydroxylation sites is 2. The van der Waals surface area contributed by atoms with Gasteiger partial charge in [-0.05, 0) is 30.2 Å². The van der Waals surface area contributed by atoms with E-state index in [0.717, 1.165) is 23.4 Å². The van der Waals surface area contributed by atoms with Crippen LogP contribution in [-0.2, 0) is 11.2 Å². The van der Waals surface area contributed by atoms with E-state index in [9.17, 15) is 9.59 Å². The van der Waals surface area contributed by atoms with E-state index in [4.69, 9.17) is 4.74 Å². The number of piperazine rings is 1. The summed E-state index contributed by atoms with van der Waals surface area (Å²) in [6, 6.07) is 15.2. The van der Waals surface area contributed by atoms with E-state index in [1.807, 2.05) is 47.4 Å². The van der Waals surface area contributed by atoms with Gasteiger partial charge in [0.05, 0.1) is 18.4 Å². The lowest BCUT2D eigenvalue weighted by Gasteiger charge is -2.36. The van der Waals surface area contributed by atoms with E-state index in [2.05, 4.69) is 17.1 Å². The van der Waals surface area contributed by atoms with Crippen LogP contribution in [0.3, 0.4) is 0 Å². The number of carbonyl (C=O) groups excluding carboxylic acids is 2. The maximum absolute atomic E-state index is 12.6. The Bertz CT molecular complexity index is 814. The van der Waals surface area contributed by atoms with E-state index in [1.165, 1.54) is 7.11 Å². The molecule has 0 saturated carbocycles. The van der Waals surface area contributed by atoms with Crippen LogP contribution in [0.25, 0.3) is 0 Å². The van der Waals surface area contributed by atoms with Crippen molar-refractivity contribution in [2.75, 3.05) is 43.5 Å². The van der Waals surface area contributed by atoms with Gasteiger partial charge in [-0.3, -0.25) is 0 Å². The van der Waals surface area contributed by atoms with Gasteiger partial charge >= 0.3 is 12.0 Å². The zero-order chi connectivity index (χ0) is 19.2. The fourth-order valence-electron chi connectivity index (χ4n) is 3.33. The average Bonchev–Trinajstić information content (AvgIpc) is 2.73. The van der Waals surface area contributed by atoms with Gasteiger partial charge in [0, 0.05) is 31.9 Å². The number of anilines is 2. The van der Waals surface area contributed by atoms with Gasteiger partial charge in [0.2, 0.25) is 0 Å². The lowest BCUT2D eigenvalue weighted by molar-refractivity contribution is 0.0601. The highest BCUT2D eigenvalue weighted by molar-refractivity contribution is 5.96. The van der Waals surface area contributed by atoms with Crippen molar-refractivity contribution >= 4 is 23.4 Å². The van der Waals surface area contributed by atoms with Gasteiger partial charge in [0.15, 0.2) is 0 Å². The third-order valence-electron chi connectivity index (χ3n) is 4.86. The Morgan fingerprint density at radius 3 is 2.37 bits per heavy atom. The zero-order valence-corrected chi connectivity index (χ0v) is 15.8. The molecule has 0 atom stereocenters. The molecule has 0 unspecified atom stereocenters. The predicted octanol–water partition coefficient (Wildman–Crippen LogP) is 3.39. The van der Waals surface area contributed by atoms with Crippen LogP contribution in [0.2, 0.25) is 0 Å². The van der Waals surface area contributed by atoms with E-state index in [-0.39, 0.29) is 12.0 Å². The van der Waals surface area contributed by atoms with Gasteiger partial charge in [-0.1, -0.05) is 37.3 Å². The average molecular weight is 367 g/mol. The van der Waals surface area contributed by atoms with Gasteiger partial charge in [-0.25, -0.2) is 9.59 Å². The Hall–Kier alpha value is -3.02. The number of methoxy groups -OCH3 is 1. The number of urea groups is 1. The Morgan fingerprint density at radius 1 is 1.00 bits per heavy atom. The molecule has 0 aliphatic carbocycles. The summed E-state index contributed by atoms with van der Waals surface area (Å²) in [4.78, 5) is 28.5. The Morgan fingerprint density at radius 2 is 1.67 bits per heavy atom. The van der Waals surface area contributed by atoms with Crippen molar-refractivity contribution in [2.45, 2.75) is 13.3 Å². The summed E-state index contributed by atoms with van der Waals surface area (Å²) in [6.45, 7) is 4.58. The third kappa shape index (κ3) is 4.22. The molecule has 3 rings (SSSR count). The molecular weight excluding hydrogens is 342 g/mol. The van der Waals surface area contributed by atoms with E-state index >= 15 is 0 Å². The van der Waals surface area contributed by atoms with Crippen molar-refractivity contribution in [1.82, 2.24) is 4.90 Å². The van der Waals surface area contributed by atoms with Crippen LogP contribution >= 0.6 is 0 Å². The number of nitrogens with zero attached hydrogens (tertiary/aromatic N) is 2. The molecule has 6 heteroatoms. The first-order chi connectivity index (χ1) is 13.1. The van der Waals surface area contributed by atoms with Crippen molar-refractivity contribution in [3.05, 3.63) is 59.7 Å². The normalized spacial score (nSPS) is 14.0. The highest BCUT2D eigenvalue weighted by atomic mass is 16.5. The lowest BCUT2D eigenvalue weighted by atomic mass is 10.1. The van der Waals surface area contributed by atoms with Gasteiger partial charge in [-0.15, -0.1) is 0 Å². The quantitative estimate of drug-likeness (QED) is 0.842. The maximum Gasteiger partial charge on any atom is 0.339 e. The molecular formula is C21H25N3O3. The first-order valence-corrected chi connectivity index (χ1v) is 9.20. The minimum Gasteiger partial charge on any atom is -0.465 e. The highest BCUT2D eigenvalue weighted by Gasteiger charge is 2.24. The molecule has 0 bridgehead atoms. The van der Waals surface area contributed by atoms with Crippen LogP contribution in [0.5, 0.6) is 0 Å². The summed E-state index contributed by atoms with van der Waals surface area (Å²) in [7, 11) is 1.38. The molecule has 27 heavy (non-hydrogen) atoms. The second-order valence-corrected chi connectivity index (χ2v) is 6.42. The molecule has 1 aliphatic rings. The van der Waals surface area contributed by atoms with Gasteiger partial charge < -0.3 is 19.9 Å². The molecule has 1 fully saturated rings. The largest absolute Gasteiger partial charge is 0.465 e. The van der Waals surface area contributed by atoms with Crippen molar-refractivity contribution in [2.24, 2.45) is 0 Å². The molecule has 0 aromatic heterocycles. The Kier molecular flexibility index (Phi) is 5.96. The maximum atomic E-state index is 12.6. The number of carbonyl (C=O) groups is 2. The Labute approximate surface area is 159 Å². The van der Waals surface area contributed by atoms with Crippen molar-refractivity contribution < 1.29 is 14.3 Å². The third-order valence-corrected chi connectivity index (χ3v) is 4.86. The fraction of sp³-hybridized carbons (Fsp3) is 0.333. The number of ether oxygens (including phenoxy) is 1. The van der Waals surface area contributed by atoms with Gasteiger partial charge in [-0.2, -0.15) is 0 Å². The number of hydrogen-bond donors (Lipinski definition) is 1. The lowest BCUT2D eigenvalue weighted by Crippen LogP contribution is -2.50. The predicted molar refractivity (Wildman–Crippen MR) is 106 cm³/mol. The van der Waals surface area contributed by atoms with E-state index in [0.29, 0.717) is 31.7 Å². The fourth-order valence-corrected chi connectivity index (χ4v) is 3.33. The summed E-state index contributed by atoms with van der Waals surface area (Å²) >= 11 is 0. The topological polar surface area (TPSA) is 61.9 Å². The highest BCUT2D eigenvalue weighted by Crippen LogP contribution is 2.23. The number of hydrogen-bond acceptors (Lipinski definition) is 4. The number of benzene rings is 2. The number of nitrogens with one attached hydrogen (secondary N) is 1.